The smallest absolute Gasteiger partial charge is 0.229 e. The van der Waals surface area contributed by atoms with Crippen LogP contribution in [0, 0.1) is 5.92 Å². The van der Waals surface area contributed by atoms with Crippen LogP contribution in [-0.2, 0) is 4.79 Å². The molecular formula is C12H18N4O. The molecule has 1 aromatic rings. The minimum absolute atomic E-state index is 0.00537. The van der Waals surface area contributed by atoms with Crippen LogP contribution in [0.15, 0.2) is 18.7 Å². The summed E-state index contributed by atoms with van der Waals surface area (Å²) >= 11 is 0. The van der Waals surface area contributed by atoms with Crippen LogP contribution in [-0.4, -0.2) is 21.9 Å². The molecule has 0 saturated heterocycles. The quantitative estimate of drug-likeness (QED) is 0.756. The molecule has 3 N–H and O–H groups in total. The molecule has 1 aliphatic carbocycles. The Bertz CT molecular complexity index is 368. The highest BCUT2D eigenvalue weighted by atomic mass is 16.1. The number of aromatic nitrogens is 2. The van der Waals surface area contributed by atoms with E-state index in [1.165, 1.54) is 12.7 Å². The minimum atomic E-state index is -0.0855. The van der Waals surface area contributed by atoms with Crippen LogP contribution in [0.3, 0.4) is 0 Å². The van der Waals surface area contributed by atoms with Crippen molar-refractivity contribution in [2.45, 2.75) is 38.1 Å². The van der Waals surface area contributed by atoms with E-state index in [-0.39, 0.29) is 17.9 Å². The number of amides is 1. The molecular weight excluding hydrogens is 216 g/mol. The highest BCUT2D eigenvalue weighted by molar-refractivity contribution is 5.92. The van der Waals surface area contributed by atoms with Gasteiger partial charge in [0.05, 0.1) is 24.0 Å². The maximum Gasteiger partial charge on any atom is 0.229 e. The second-order valence-electron chi connectivity index (χ2n) is 4.52. The zero-order valence-corrected chi connectivity index (χ0v) is 9.80. The summed E-state index contributed by atoms with van der Waals surface area (Å²) in [6, 6.07) is -0.0258. The largest absolute Gasteiger partial charge is 0.327 e. The van der Waals surface area contributed by atoms with Crippen molar-refractivity contribution in [3.05, 3.63) is 18.7 Å². The Morgan fingerprint density at radius 3 is 2.71 bits per heavy atom. The predicted octanol–water partition coefficient (Wildman–Crippen LogP) is 1.32. The highest BCUT2D eigenvalue weighted by Gasteiger charge is 2.26. The summed E-state index contributed by atoms with van der Waals surface area (Å²) in [5.74, 6) is -0.0908. The monoisotopic (exact) mass is 234 g/mol. The fourth-order valence-corrected chi connectivity index (χ4v) is 2.26. The van der Waals surface area contributed by atoms with Gasteiger partial charge in [-0.25, -0.2) is 9.97 Å². The van der Waals surface area contributed by atoms with Crippen LogP contribution in [0.1, 0.15) is 32.1 Å². The number of rotatable bonds is 2. The molecule has 1 aliphatic rings. The van der Waals surface area contributed by atoms with Gasteiger partial charge in [-0.2, -0.15) is 0 Å². The number of hydrogen-bond donors (Lipinski definition) is 2. The van der Waals surface area contributed by atoms with Crippen molar-refractivity contribution < 1.29 is 4.79 Å². The number of carbonyl (C=O) groups excluding carboxylic acids is 1. The molecule has 2 rings (SSSR count). The summed E-state index contributed by atoms with van der Waals surface area (Å²) in [7, 11) is 0. The minimum Gasteiger partial charge on any atom is -0.327 e. The Morgan fingerprint density at radius 2 is 1.94 bits per heavy atom. The first kappa shape index (κ1) is 12.0. The van der Waals surface area contributed by atoms with E-state index in [0.29, 0.717) is 5.69 Å². The molecule has 1 saturated carbocycles. The molecule has 1 amide bonds. The van der Waals surface area contributed by atoms with Gasteiger partial charge in [0.15, 0.2) is 0 Å². The van der Waals surface area contributed by atoms with Gasteiger partial charge in [0.2, 0.25) is 5.91 Å². The highest BCUT2D eigenvalue weighted by Crippen LogP contribution is 2.23. The van der Waals surface area contributed by atoms with Crippen LogP contribution in [0.4, 0.5) is 5.69 Å². The van der Waals surface area contributed by atoms with E-state index < -0.39 is 0 Å². The zero-order chi connectivity index (χ0) is 12.1. The van der Waals surface area contributed by atoms with Gasteiger partial charge in [0.1, 0.15) is 6.33 Å². The summed E-state index contributed by atoms with van der Waals surface area (Å²) in [5.41, 5.74) is 6.67. The Balaban J connectivity index is 1.99. The van der Waals surface area contributed by atoms with Crippen molar-refractivity contribution in [2.24, 2.45) is 11.7 Å². The van der Waals surface area contributed by atoms with E-state index in [1.54, 1.807) is 12.4 Å². The first-order valence-electron chi connectivity index (χ1n) is 6.09. The lowest BCUT2D eigenvalue weighted by Gasteiger charge is -2.20. The Labute approximate surface area is 101 Å². The summed E-state index contributed by atoms with van der Waals surface area (Å²) in [5, 5.41) is 2.83. The standard InChI is InChI=1S/C12H18N4O/c13-11-5-3-1-2-4-10(11)12(17)16-9-6-14-8-15-7-9/h6-8,10-11H,1-5,13H2,(H,16,17). The van der Waals surface area contributed by atoms with Crippen LogP contribution < -0.4 is 11.1 Å². The second-order valence-corrected chi connectivity index (χ2v) is 4.52. The van der Waals surface area contributed by atoms with Gasteiger partial charge in [-0.1, -0.05) is 19.3 Å². The third-order valence-electron chi connectivity index (χ3n) is 3.23. The lowest BCUT2D eigenvalue weighted by Crippen LogP contribution is -2.37. The summed E-state index contributed by atoms with van der Waals surface area (Å²) in [6.07, 6.45) is 9.81. The Kier molecular flexibility index (Phi) is 4.03. The molecule has 0 aliphatic heterocycles. The van der Waals surface area contributed by atoms with Gasteiger partial charge < -0.3 is 11.1 Å². The molecule has 2 atom stereocenters. The van der Waals surface area contributed by atoms with Gasteiger partial charge in [0.25, 0.3) is 0 Å². The molecule has 17 heavy (non-hydrogen) atoms. The SMILES string of the molecule is NC1CCCCCC1C(=O)Nc1cncnc1. The van der Waals surface area contributed by atoms with Gasteiger partial charge in [-0.05, 0) is 12.8 Å². The Morgan fingerprint density at radius 1 is 1.24 bits per heavy atom. The normalized spacial score (nSPS) is 25.0. The average Bonchev–Trinajstić information content (AvgIpc) is 2.55. The molecule has 1 heterocycles. The van der Waals surface area contributed by atoms with Crippen LogP contribution >= 0.6 is 0 Å². The van der Waals surface area contributed by atoms with Gasteiger partial charge in [0, 0.05) is 6.04 Å². The first-order chi connectivity index (χ1) is 8.27. The number of nitrogens with one attached hydrogen (secondary N) is 1. The molecule has 5 heteroatoms. The third-order valence-corrected chi connectivity index (χ3v) is 3.23. The van der Waals surface area contributed by atoms with E-state index in [4.69, 9.17) is 5.73 Å². The maximum atomic E-state index is 12.1. The lowest BCUT2D eigenvalue weighted by molar-refractivity contribution is -0.120. The number of anilines is 1. The van der Waals surface area contributed by atoms with Crippen LogP contribution in [0.2, 0.25) is 0 Å². The van der Waals surface area contributed by atoms with E-state index >= 15 is 0 Å². The first-order valence-corrected chi connectivity index (χ1v) is 6.09. The molecule has 5 nitrogen and oxygen atoms in total. The fourth-order valence-electron chi connectivity index (χ4n) is 2.26. The van der Waals surface area contributed by atoms with Crippen LogP contribution in [0.5, 0.6) is 0 Å². The lowest BCUT2D eigenvalue weighted by atomic mass is 9.94. The van der Waals surface area contributed by atoms with E-state index in [2.05, 4.69) is 15.3 Å². The summed E-state index contributed by atoms with van der Waals surface area (Å²) in [4.78, 5) is 19.8. The molecule has 1 aromatic heterocycles. The van der Waals surface area contributed by atoms with Crippen molar-refractivity contribution in [1.82, 2.24) is 9.97 Å². The maximum absolute atomic E-state index is 12.1. The number of nitrogens with two attached hydrogens (primary N) is 1. The molecule has 0 bridgehead atoms. The van der Waals surface area contributed by atoms with Crippen molar-refractivity contribution in [3.63, 3.8) is 0 Å². The van der Waals surface area contributed by atoms with E-state index in [0.717, 1.165) is 25.7 Å². The number of hydrogen-bond acceptors (Lipinski definition) is 4. The Hall–Kier alpha value is -1.49. The molecule has 0 spiro atoms. The average molecular weight is 234 g/mol. The predicted molar refractivity (Wildman–Crippen MR) is 65.2 cm³/mol. The van der Waals surface area contributed by atoms with E-state index in [9.17, 15) is 4.79 Å². The van der Waals surface area contributed by atoms with Crippen molar-refractivity contribution in [3.8, 4) is 0 Å². The summed E-state index contributed by atoms with van der Waals surface area (Å²) < 4.78 is 0. The second kappa shape index (κ2) is 5.72. The van der Waals surface area contributed by atoms with Gasteiger partial charge >= 0.3 is 0 Å². The molecule has 0 aromatic carbocycles. The third kappa shape index (κ3) is 3.23. The van der Waals surface area contributed by atoms with Crippen molar-refractivity contribution in [2.75, 3.05) is 5.32 Å². The number of nitrogens with zero attached hydrogens (tertiary/aromatic N) is 2. The van der Waals surface area contributed by atoms with Gasteiger partial charge in [-0.15, -0.1) is 0 Å². The summed E-state index contributed by atoms with van der Waals surface area (Å²) in [6.45, 7) is 0. The van der Waals surface area contributed by atoms with Crippen molar-refractivity contribution >= 4 is 11.6 Å². The molecule has 0 radical (unpaired) electrons. The number of carbonyl (C=O) groups is 1. The fraction of sp³-hybridized carbons (Fsp3) is 0.583. The molecule has 92 valence electrons. The molecule has 2 unspecified atom stereocenters. The topological polar surface area (TPSA) is 80.9 Å². The van der Waals surface area contributed by atoms with Crippen LogP contribution in [0.25, 0.3) is 0 Å². The van der Waals surface area contributed by atoms with E-state index in [1.807, 2.05) is 0 Å². The van der Waals surface area contributed by atoms with Crippen molar-refractivity contribution in [1.29, 1.82) is 0 Å². The zero-order valence-electron chi connectivity index (χ0n) is 9.80. The van der Waals surface area contributed by atoms with Gasteiger partial charge in [-0.3, -0.25) is 4.79 Å². The molecule has 1 fully saturated rings.